The maximum Gasteiger partial charge on any atom is 0.341 e. The average Bonchev–Trinajstić information content (AvgIpc) is 3.21. The molecule has 0 aliphatic carbocycles. The lowest BCUT2D eigenvalue weighted by Gasteiger charge is -2.32. The normalized spacial score (nSPS) is 15.0. The van der Waals surface area contributed by atoms with Crippen molar-refractivity contribution in [1.29, 1.82) is 0 Å². The maximum atomic E-state index is 12.9. The van der Waals surface area contributed by atoms with Gasteiger partial charge in [0.1, 0.15) is 22.9 Å². The van der Waals surface area contributed by atoms with Gasteiger partial charge in [0.25, 0.3) is 5.91 Å². The average molecular weight is 451 g/mol. The summed E-state index contributed by atoms with van der Waals surface area (Å²) in [5, 5.41) is 5.00. The zero-order valence-electron chi connectivity index (χ0n) is 17.7. The van der Waals surface area contributed by atoms with Crippen LogP contribution in [-0.4, -0.2) is 37.0 Å². The molecule has 2 heterocycles. The van der Waals surface area contributed by atoms with Crippen LogP contribution < -0.4 is 15.0 Å². The zero-order chi connectivity index (χ0) is 22.7. The van der Waals surface area contributed by atoms with Crippen LogP contribution in [0.3, 0.4) is 0 Å². The standard InChI is InChI=1S/C24H22N2O5S/c1-3-30-24(29)21-17(16-9-5-4-6-10-16)14-32-22(21)25-20(27)13-26-18-11-7-8-12-19(18)31-15(2)23(26)28/h4-12,14-15H,3,13H2,1-2H3,(H,25,27). The van der Waals surface area contributed by atoms with Gasteiger partial charge in [0.2, 0.25) is 5.91 Å². The summed E-state index contributed by atoms with van der Waals surface area (Å²) in [5.41, 5.74) is 2.37. The second-order valence-corrected chi connectivity index (χ2v) is 8.02. The molecule has 0 fully saturated rings. The number of hydrogen-bond acceptors (Lipinski definition) is 6. The van der Waals surface area contributed by atoms with Gasteiger partial charge in [-0.25, -0.2) is 4.79 Å². The molecule has 1 N–H and O–H groups in total. The number of rotatable bonds is 6. The molecule has 32 heavy (non-hydrogen) atoms. The predicted octanol–water partition coefficient (Wildman–Crippen LogP) is 4.34. The minimum Gasteiger partial charge on any atom is -0.479 e. The van der Waals surface area contributed by atoms with Gasteiger partial charge in [0.15, 0.2) is 6.10 Å². The quantitative estimate of drug-likeness (QED) is 0.565. The van der Waals surface area contributed by atoms with Crippen molar-refractivity contribution >= 4 is 39.8 Å². The predicted molar refractivity (Wildman–Crippen MR) is 123 cm³/mol. The summed E-state index contributed by atoms with van der Waals surface area (Å²) >= 11 is 1.24. The molecule has 1 aromatic heterocycles. The molecule has 0 bridgehead atoms. The number of hydrogen-bond donors (Lipinski definition) is 1. The Kier molecular flexibility index (Phi) is 6.23. The number of anilines is 2. The molecular formula is C24H22N2O5S. The van der Waals surface area contributed by atoms with Crippen molar-refractivity contribution in [2.45, 2.75) is 20.0 Å². The van der Waals surface area contributed by atoms with E-state index in [1.165, 1.54) is 16.2 Å². The molecule has 0 spiro atoms. The molecule has 1 aliphatic rings. The summed E-state index contributed by atoms with van der Waals surface area (Å²) in [7, 11) is 0. The van der Waals surface area contributed by atoms with Gasteiger partial charge in [-0.3, -0.25) is 14.5 Å². The molecule has 0 saturated heterocycles. The molecular weight excluding hydrogens is 428 g/mol. The number of carbonyl (C=O) groups is 3. The van der Waals surface area contributed by atoms with Crippen molar-refractivity contribution < 1.29 is 23.9 Å². The van der Waals surface area contributed by atoms with E-state index >= 15 is 0 Å². The van der Waals surface area contributed by atoms with Gasteiger partial charge in [-0.05, 0) is 31.5 Å². The monoisotopic (exact) mass is 450 g/mol. The fourth-order valence-corrected chi connectivity index (χ4v) is 4.49. The van der Waals surface area contributed by atoms with Gasteiger partial charge >= 0.3 is 5.97 Å². The fourth-order valence-electron chi connectivity index (χ4n) is 3.52. The summed E-state index contributed by atoms with van der Waals surface area (Å²) in [6.45, 7) is 3.39. The first-order chi connectivity index (χ1) is 15.5. The van der Waals surface area contributed by atoms with Gasteiger partial charge in [-0.15, -0.1) is 11.3 Å². The number of nitrogens with one attached hydrogen (secondary N) is 1. The van der Waals surface area contributed by atoms with Gasteiger partial charge in [-0.2, -0.15) is 0 Å². The lowest BCUT2D eigenvalue weighted by atomic mass is 10.0. The number of amides is 2. The van der Waals surface area contributed by atoms with Crippen LogP contribution in [0.4, 0.5) is 10.7 Å². The summed E-state index contributed by atoms with van der Waals surface area (Å²) in [5.74, 6) is -0.693. The first kappa shape index (κ1) is 21.6. The minimum atomic E-state index is -0.695. The smallest absolute Gasteiger partial charge is 0.341 e. The highest BCUT2D eigenvalue weighted by atomic mass is 32.1. The lowest BCUT2D eigenvalue weighted by Crippen LogP contribution is -2.47. The van der Waals surface area contributed by atoms with Crippen LogP contribution in [-0.2, 0) is 14.3 Å². The highest BCUT2D eigenvalue weighted by Crippen LogP contribution is 2.37. The number of benzene rings is 2. The van der Waals surface area contributed by atoms with Crippen molar-refractivity contribution in [1.82, 2.24) is 0 Å². The van der Waals surface area contributed by atoms with Crippen molar-refractivity contribution in [3.8, 4) is 16.9 Å². The molecule has 1 aliphatic heterocycles. The number of esters is 1. The number of carbonyl (C=O) groups excluding carboxylic acids is 3. The lowest BCUT2D eigenvalue weighted by molar-refractivity contribution is -0.127. The van der Waals surface area contributed by atoms with Crippen LogP contribution in [0, 0.1) is 0 Å². The first-order valence-electron chi connectivity index (χ1n) is 10.2. The van der Waals surface area contributed by atoms with Crippen LogP contribution in [0.5, 0.6) is 5.75 Å². The molecule has 8 heteroatoms. The van der Waals surface area contributed by atoms with Crippen LogP contribution >= 0.6 is 11.3 Å². The molecule has 1 atom stereocenters. The molecule has 3 aromatic rings. The summed E-state index contributed by atoms with van der Waals surface area (Å²) in [6.07, 6.45) is -0.695. The Hall–Kier alpha value is -3.65. The van der Waals surface area contributed by atoms with E-state index in [1.807, 2.05) is 41.8 Å². The Morgan fingerprint density at radius 3 is 2.59 bits per heavy atom. The number of ether oxygens (including phenoxy) is 2. The largest absolute Gasteiger partial charge is 0.479 e. The van der Waals surface area contributed by atoms with Crippen LogP contribution in [0.1, 0.15) is 24.2 Å². The Bertz CT molecular complexity index is 1160. The zero-order valence-corrected chi connectivity index (χ0v) is 18.5. The summed E-state index contributed by atoms with van der Waals surface area (Å²) in [4.78, 5) is 39.7. The molecule has 4 rings (SSSR count). The second kappa shape index (κ2) is 9.23. The molecule has 2 amide bonds. The number of fused-ring (bicyclic) bond motifs is 1. The highest BCUT2D eigenvalue weighted by molar-refractivity contribution is 7.15. The molecule has 7 nitrogen and oxygen atoms in total. The topological polar surface area (TPSA) is 84.9 Å². The van der Waals surface area contributed by atoms with E-state index in [0.29, 0.717) is 27.6 Å². The third kappa shape index (κ3) is 4.22. The Morgan fingerprint density at radius 2 is 1.84 bits per heavy atom. The van der Waals surface area contributed by atoms with Crippen molar-refractivity contribution in [2.24, 2.45) is 0 Å². The highest BCUT2D eigenvalue weighted by Gasteiger charge is 2.33. The van der Waals surface area contributed by atoms with Crippen molar-refractivity contribution in [3.05, 3.63) is 65.5 Å². The van der Waals surface area contributed by atoms with E-state index < -0.39 is 18.0 Å². The molecule has 1 unspecified atom stereocenters. The maximum absolute atomic E-state index is 12.9. The van der Waals surface area contributed by atoms with E-state index in [-0.39, 0.29) is 19.1 Å². The van der Waals surface area contributed by atoms with Gasteiger partial charge in [0.05, 0.1) is 12.3 Å². The second-order valence-electron chi connectivity index (χ2n) is 7.14. The SMILES string of the molecule is CCOC(=O)c1c(-c2ccccc2)csc1NC(=O)CN1C(=O)C(C)Oc2ccccc21. The third-order valence-electron chi connectivity index (χ3n) is 4.98. The van der Waals surface area contributed by atoms with E-state index in [1.54, 1.807) is 32.0 Å². The van der Waals surface area contributed by atoms with Gasteiger partial charge in [-0.1, -0.05) is 42.5 Å². The number of thiophene rings is 1. The summed E-state index contributed by atoms with van der Waals surface area (Å²) in [6, 6.07) is 16.5. The van der Waals surface area contributed by atoms with Gasteiger partial charge < -0.3 is 14.8 Å². The number of para-hydroxylation sites is 2. The van der Waals surface area contributed by atoms with Crippen LogP contribution in [0.2, 0.25) is 0 Å². The summed E-state index contributed by atoms with van der Waals surface area (Å²) < 4.78 is 10.9. The van der Waals surface area contributed by atoms with E-state index in [2.05, 4.69) is 5.32 Å². The minimum absolute atomic E-state index is 0.204. The van der Waals surface area contributed by atoms with Crippen LogP contribution in [0.15, 0.2) is 60.0 Å². The molecule has 2 aromatic carbocycles. The Balaban J connectivity index is 1.61. The Labute approximate surface area is 189 Å². The Morgan fingerprint density at radius 1 is 1.12 bits per heavy atom. The number of nitrogens with zero attached hydrogens (tertiary/aromatic N) is 1. The van der Waals surface area contributed by atoms with Gasteiger partial charge in [0, 0.05) is 10.9 Å². The van der Waals surface area contributed by atoms with E-state index in [4.69, 9.17) is 9.47 Å². The molecule has 0 saturated carbocycles. The van der Waals surface area contributed by atoms with E-state index in [0.717, 1.165) is 5.56 Å². The van der Waals surface area contributed by atoms with E-state index in [9.17, 15) is 14.4 Å². The third-order valence-corrected chi connectivity index (χ3v) is 5.88. The molecule has 0 radical (unpaired) electrons. The molecule has 164 valence electrons. The van der Waals surface area contributed by atoms with Crippen LogP contribution in [0.25, 0.3) is 11.1 Å². The fraction of sp³-hybridized carbons (Fsp3) is 0.208. The van der Waals surface area contributed by atoms with Crippen molar-refractivity contribution in [3.63, 3.8) is 0 Å². The van der Waals surface area contributed by atoms with Crippen molar-refractivity contribution in [2.75, 3.05) is 23.4 Å². The first-order valence-corrected chi connectivity index (χ1v) is 11.1.